The molecule has 1 saturated carbocycles. The molecule has 0 amide bonds. The first-order valence-electron chi connectivity index (χ1n) is 5.95. The molecule has 1 heterocycles. The minimum Gasteiger partial charge on any atom is -0.322 e. The lowest BCUT2D eigenvalue weighted by molar-refractivity contribution is 0.594. The topological polar surface area (TPSA) is 60.9 Å². The van der Waals surface area contributed by atoms with Gasteiger partial charge < -0.3 is 5.73 Å². The average Bonchev–Trinajstić information content (AvgIpc) is 3.13. The summed E-state index contributed by atoms with van der Waals surface area (Å²) in [7, 11) is 0. The molecule has 1 atom stereocenters. The Balaban J connectivity index is 2.38. The number of aromatic nitrogens is 2. The molecule has 2 aromatic rings. The maximum Gasteiger partial charge on any atom is 0.261 e. The van der Waals surface area contributed by atoms with E-state index < -0.39 is 0 Å². The van der Waals surface area contributed by atoms with Crippen molar-refractivity contribution >= 4 is 10.9 Å². The molecule has 1 unspecified atom stereocenters. The van der Waals surface area contributed by atoms with Gasteiger partial charge in [0.05, 0.1) is 16.9 Å². The van der Waals surface area contributed by atoms with Gasteiger partial charge in [-0.15, -0.1) is 0 Å². The monoisotopic (exact) mass is 229 g/mol. The summed E-state index contributed by atoms with van der Waals surface area (Å²) < 4.78 is 1.78. The Morgan fingerprint density at radius 1 is 1.41 bits per heavy atom. The molecule has 88 valence electrons. The summed E-state index contributed by atoms with van der Waals surface area (Å²) in [6, 6.07) is 7.54. The van der Waals surface area contributed by atoms with E-state index in [2.05, 4.69) is 4.98 Å². The van der Waals surface area contributed by atoms with Crippen molar-refractivity contribution in [2.24, 2.45) is 5.73 Å². The minimum absolute atomic E-state index is 0.0467. The summed E-state index contributed by atoms with van der Waals surface area (Å²) in [6.45, 7) is 1.87. The highest BCUT2D eigenvalue weighted by Gasteiger charge is 2.29. The number of fused-ring (bicyclic) bond motifs is 1. The van der Waals surface area contributed by atoms with Gasteiger partial charge in [0, 0.05) is 6.04 Å². The van der Waals surface area contributed by atoms with Gasteiger partial charge in [-0.05, 0) is 31.9 Å². The van der Waals surface area contributed by atoms with Crippen molar-refractivity contribution in [3.8, 4) is 0 Å². The Bertz CT molecular complexity index is 626. The Morgan fingerprint density at radius 3 is 2.76 bits per heavy atom. The molecule has 0 saturated heterocycles. The predicted octanol–water partition coefficient (Wildman–Crippen LogP) is 1.75. The first-order chi connectivity index (χ1) is 8.18. The zero-order valence-corrected chi connectivity index (χ0v) is 9.76. The van der Waals surface area contributed by atoms with E-state index in [4.69, 9.17) is 5.73 Å². The quantitative estimate of drug-likeness (QED) is 0.853. The van der Waals surface area contributed by atoms with Gasteiger partial charge in [0.25, 0.3) is 5.56 Å². The smallest absolute Gasteiger partial charge is 0.261 e. The largest absolute Gasteiger partial charge is 0.322 e. The Morgan fingerprint density at radius 2 is 2.12 bits per heavy atom. The van der Waals surface area contributed by atoms with E-state index in [1.54, 1.807) is 4.57 Å². The van der Waals surface area contributed by atoms with Gasteiger partial charge in [-0.3, -0.25) is 9.36 Å². The van der Waals surface area contributed by atoms with E-state index in [0.717, 1.165) is 18.4 Å². The lowest BCUT2D eigenvalue weighted by atomic mass is 10.2. The molecule has 1 aliphatic carbocycles. The molecular weight excluding hydrogens is 214 g/mol. The van der Waals surface area contributed by atoms with Crippen molar-refractivity contribution in [2.75, 3.05) is 0 Å². The van der Waals surface area contributed by atoms with Crippen LogP contribution in [0.3, 0.4) is 0 Å². The van der Waals surface area contributed by atoms with Crippen LogP contribution in [0.2, 0.25) is 0 Å². The lowest BCUT2D eigenvalue weighted by Crippen LogP contribution is -2.28. The van der Waals surface area contributed by atoms with Gasteiger partial charge >= 0.3 is 0 Å². The Hall–Kier alpha value is -1.68. The normalized spacial score (nSPS) is 17.3. The number of hydrogen-bond donors (Lipinski definition) is 1. The van der Waals surface area contributed by atoms with Crippen LogP contribution in [0.1, 0.15) is 37.7 Å². The summed E-state index contributed by atoms with van der Waals surface area (Å²) in [5, 5.41) is 0.684. The number of para-hydroxylation sites is 1. The zero-order valence-electron chi connectivity index (χ0n) is 9.76. The third-order valence-electron chi connectivity index (χ3n) is 3.15. The van der Waals surface area contributed by atoms with Crippen LogP contribution in [0.4, 0.5) is 0 Å². The maximum atomic E-state index is 12.4. The molecule has 17 heavy (non-hydrogen) atoms. The molecule has 2 N–H and O–H groups in total. The second-order valence-electron chi connectivity index (χ2n) is 4.68. The van der Waals surface area contributed by atoms with Gasteiger partial charge in [0.2, 0.25) is 0 Å². The fourth-order valence-corrected chi connectivity index (χ4v) is 2.17. The summed E-state index contributed by atoms with van der Waals surface area (Å²) >= 11 is 0. The molecule has 4 heteroatoms. The summed E-state index contributed by atoms with van der Waals surface area (Å²) in [6.07, 6.45) is 2.11. The molecular formula is C13H15N3O. The standard InChI is InChI=1S/C13H15N3O/c1-8(14)12-15-11-5-3-2-4-10(11)13(17)16(12)9-6-7-9/h2-5,8-9H,6-7,14H2,1H3. The number of nitrogens with zero attached hydrogens (tertiary/aromatic N) is 2. The lowest BCUT2D eigenvalue weighted by Gasteiger charge is -2.14. The number of benzene rings is 1. The van der Waals surface area contributed by atoms with Crippen LogP contribution >= 0.6 is 0 Å². The molecule has 0 aliphatic heterocycles. The van der Waals surface area contributed by atoms with Crippen LogP contribution in [0, 0.1) is 0 Å². The highest BCUT2D eigenvalue weighted by Crippen LogP contribution is 2.35. The van der Waals surface area contributed by atoms with Crippen LogP contribution in [0.25, 0.3) is 10.9 Å². The van der Waals surface area contributed by atoms with E-state index in [1.165, 1.54) is 0 Å². The summed E-state index contributed by atoms with van der Waals surface area (Å²) in [4.78, 5) is 16.9. The van der Waals surface area contributed by atoms with E-state index in [9.17, 15) is 4.79 Å². The molecule has 0 bridgehead atoms. The Labute approximate surface area is 99.1 Å². The van der Waals surface area contributed by atoms with Crippen molar-refractivity contribution in [1.82, 2.24) is 9.55 Å². The number of nitrogens with two attached hydrogens (primary N) is 1. The molecule has 4 nitrogen and oxygen atoms in total. The van der Waals surface area contributed by atoms with Crippen LogP contribution in [0.5, 0.6) is 0 Å². The predicted molar refractivity (Wildman–Crippen MR) is 66.9 cm³/mol. The van der Waals surface area contributed by atoms with Gasteiger partial charge in [0.15, 0.2) is 0 Å². The van der Waals surface area contributed by atoms with Crippen molar-refractivity contribution < 1.29 is 0 Å². The summed E-state index contributed by atoms with van der Waals surface area (Å²) in [5.41, 5.74) is 6.70. The van der Waals surface area contributed by atoms with Crippen LogP contribution in [-0.4, -0.2) is 9.55 Å². The van der Waals surface area contributed by atoms with E-state index in [0.29, 0.717) is 17.3 Å². The highest BCUT2D eigenvalue weighted by atomic mass is 16.1. The van der Waals surface area contributed by atoms with Crippen molar-refractivity contribution in [2.45, 2.75) is 31.8 Å². The first-order valence-corrected chi connectivity index (χ1v) is 5.95. The van der Waals surface area contributed by atoms with E-state index in [1.807, 2.05) is 31.2 Å². The fourth-order valence-electron chi connectivity index (χ4n) is 2.17. The fraction of sp³-hybridized carbons (Fsp3) is 0.385. The van der Waals surface area contributed by atoms with Crippen molar-refractivity contribution in [3.63, 3.8) is 0 Å². The molecule has 3 rings (SSSR count). The third-order valence-corrected chi connectivity index (χ3v) is 3.15. The molecule has 0 radical (unpaired) electrons. The Kier molecular flexibility index (Phi) is 2.26. The van der Waals surface area contributed by atoms with Crippen LogP contribution < -0.4 is 11.3 Å². The van der Waals surface area contributed by atoms with Crippen LogP contribution in [0.15, 0.2) is 29.1 Å². The molecule has 1 aliphatic rings. The van der Waals surface area contributed by atoms with Gasteiger partial charge in [0.1, 0.15) is 5.82 Å². The molecule has 1 fully saturated rings. The SMILES string of the molecule is CC(N)c1nc2ccccc2c(=O)n1C1CC1. The minimum atomic E-state index is -0.215. The van der Waals surface area contributed by atoms with Gasteiger partial charge in [-0.2, -0.15) is 0 Å². The molecule has 1 aromatic carbocycles. The molecule has 0 spiro atoms. The van der Waals surface area contributed by atoms with Crippen LogP contribution in [-0.2, 0) is 0 Å². The van der Waals surface area contributed by atoms with Gasteiger partial charge in [-0.1, -0.05) is 12.1 Å². The zero-order chi connectivity index (χ0) is 12.0. The number of hydrogen-bond acceptors (Lipinski definition) is 3. The summed E-state index contributed by atoms with van der Waals surface area (Å²) in [5.74, 6) is 0.705. The second-order valence-corrected chi connectivity index (χ2v) is 4.68. The van der Waals surface area contributed by atoms with E-state index in [-0.39, 0.29) is 11.6 Å². The molecule has 1 aromatic heterocycles. The van der Waals surface area contributed by atoms with Crippen molar-refractivity contribution in [3.05, 3.63) is 40.4 Å². The first kappa shape index (κ1) is 10.5. The van der Waals surface area contributed by atoms with Crippen molar-refractivity contribution in [1.29, 1.82) is 0 Å². The third kappa shape index (κ3) is 1.65. The second kappa shape index (κ2) is 3.67. The highest BCUT2D eigenvalue weighted by molar-refractivity contribution is 5.77. The maximum absolute atomic E-state index is 12.4. The average molecular weight is 229 g/mol. The number of rotatable bonds is 2. The van der Waals surface area contributed by atoms with Gasteiger partial charge in [-0.25, -0.2) is 4.98 Å². The van der Waals surface area contributed by atoms with E-state index >= 15 is 0 Å².